The van der Waals surface area contributed by atoms with Gasteiger partial charge in [-0.15, -0.1) is 0 Å². The highest BCUT2D eigenvalue weighted by Crippen LogP contribution is 2.18. The SMILES string of the molecule is Cc1cccc(OCc2ccccc2COc2ccccc2)c1. The van der Waals surface area contributed by atoms with E-state index in [4.69, 9.17) is 9.47 Å². The molecule has 0 aromatic heterocycles. The molecule has 23 heavy (non-hydrogen) atoms. The minimum atomic E-state index is 0.539. The van der Waals surface area contributed by atoms with E-state index in [0.29, 0.717) is 13.2 Å². The molecule has 0 aliphatic carbocycles. The number of ether oxygens (including phenoxy) is 2. The monoisotopic (exact) mass is 304 g/mol. The summed E-state index contributed by atoms with van der Waals surface area (Å²) in [5, 5.41) is 0. The zero-order valence-electron chi connectivity index (χ0n) is 13.2. The van der Waals surface area contributed by atoms with Gasteiger partial charge in [-0.2, -0.15) is 0 Å². The molecular formula is C21H20O2. The third-order valence-corrected chi connectivity index (χ3v) is 3.64. The Bertz CT molecular complexity index is 751. The van der Waals surface area contributed by atoms with Crippen LogP contribution >= 0.6 is 0 Å². The summed E-state index contributed by atoms with van der Waals surface area (Å²) in [6.45, 7) is 3.14. The first kappa shape index (κ1) is 15.2. The van der Waals surface area contributed by atoms with Crippen molar-refractivity contribution in [3.05, 3.63) is 95.6 Å². The summed E-state index contributed by atoms with van der Waals surface area (Å²) >= 11 is 0. The fraction of sp³-hybridized carbons (Fsp3) is 0.143. The van der Waals surface area contributed by atoms with Crippen LogP contribution in [0.25, 0.3) is 0 Å². The summed E-state index contributed by atoms with van der Waals surface area (Å²) in [4.78, 5) is 0. The fourth-order valence-corrected chi connectivity index (χ4v) is 2.38. The van der Waals surface area contributed by atoms with Gasteiger partial charge in [-0.1, -0.05) is 54.6 Å². The molecule has 2 heteroatoms. The second-order valence-corrected chi connectivity index (χ2v) is 5.48. The van der Waals surface area contributed by atoms with E-state index in [1.165, 1.54) is 5.56 Å². The van der Waals surface area contributed by atoms with E-state index in [-0.39, 0.29) is 0 Å². The molecule has 0 unspecified atom stereocenters. The molecule has 0 N–H and O–H groups in total. The van der Waals surface area contributed by atoms with E-state index < -0.39 is 0 Å². The third-order valence-electron chi connectivity index (χ3n) is 3.64. The first-order chi connectivity index (χ1) is 11.3. The number of hydrogen-bond acceptors (Lipinski definition) is 2. The van der Waals surface area contributed by atoms with Gasteiger partial charge < -0.3 is 9.47 Å². The maximum Gasteiger partial charge on any atom is 0.120 e. The van der Waals surface area contributed by atoms with Crippen LogP contribution in [0.1, 0.15) is 16.7 Å². The smallest absolute Gasteiger partial charge is 0.120 e. The third kappa shape index (κ3) is 4.36. The van der Waals surface area contributed by atoms with Crippen LogP contribution in [0.4, 0.5) is 0 Å². The maximum atomic E-state index is 5.91. The highest BCUT2D eigenvalue weighted by Gasteiger charge is 2.04. The lowest BCUT2D eigenvalue weighted by Gasteiger charge is -2.12. The molecule has 0 fully saturated rings. The van der Waals surface area contributed by atoms with E-state index >= 15 is 0 Å². The van der Waals surface area contributed by atoms with Crippen LogP contribution in [0.3, 0.4) is 0 Å². The van der Waals surface area contributed by atoms with Crippen molar-refractivity contribution in [1.29, 1.82) is 0 Å². The summed E-state index contributed by atoms with van der Waals surface area (Å²) in [6.07, 6.45) is 0. The molecule has 3 rings (SSSR count). The minimum absolute atomic E-state index is 0.539. The van der Waals surface area contributed by atoms with E-state index in [2.05, 4.69) is 25.1 Å². The number of para-hydroxylation sites is 1. The molecule has 0 radical (unpaired) electrons. The Kier molecular flexibility index (Phi) is 4.95. The topological polar surface area (TPSA) is 18.5 Å². The number of benzene rings is 3. The van der Waals surface area contributed by atoms with Gasteiger partial charge in [-0.05, 0) is 47.9 Å². The average molecular weight is 304 g/mol. The van der Waals surface area contributed by atoms with Gasteiger partial charge in [0.05, 0.1) is 0 Å². The molecule has 0 saturated carbocycles. The average Bonchev–Trinajstić information content (AvgIpc) is 2.60. The second kappa shape index (κ2) is 7.50. The quantitative estimate of drug-likeness (QED) is 0.627. The van der Waals surface area contributed by atoms with Crippen molar-refractivity contribution >= 4 is 0 Å². The highest BCUT2D eigenvalue weighted by molar-refractivity contribution is 5.30. The predicted molar refractivity (Wildman–Crippen MR) is 92.7 cm³/mol. The van der Waals surface area contributed by atoms with E-state index in [9.17, 15) is 0 Å². The fourth-order valence-electron chi connectivity index (χ4n) is 2.38. The molecule has 3 aromatic rings. The van der Waals surface area contributed by atoms with Gasteiger partial charge >= 0.3 is 0 Å². The minimum Gasteiger partial charge on any atom is -0.489 e. The van der Waals surface area contributed by atoms with Crippen LogP contribution in [-0.2, 0) is 13.2 Å². The molecule has 0 atom stereocenters. The second-order valence-electron chi connectivity index (χ2n) is 5.48. The summed E-state index contributed by atoms with van der Waals surface area (Å²) in [5.74, 6) is 1.77. The summed E-state index contributed by atoms with van der Waals surface area (Å²) in [6, 6.07) is 26.2. The van der Waals surface area contributed by atoms with Gasteiger partial charge in [0.15, 0.2) is 0 Å². The number of hydrogen-bond donors (Lipinski definition) is 0. The van der Waals surface area contributed by atoms with Crippen molar-refractivity contribution in [3.8, 4) is 11.5 Å². The molecule has 0 heterocycles. The van der Waals surface area contributed by atoms with Crippen LogP contribution in [0, 0.1) is 6.92 Å². The van der Waals surface area contributed by atoms with Crippen LogP contribution in [0.15, 0.2) is 78.9 Å². The van der Waals surface area contributed by atoms with E-state index in [1.54, 1.807) is 0 Å². The molecule has 0 spiro atoms. The van der Waals surface area contributed by atoms with Gasteiger partial charge in [0.2, 0.25) is 0 Å². The Labute approximate surface area is 137 Å². The van der Waals surface area contributed by atoms with Crippen LogP contribution in [-0.4, -0.2) is 0 Å². The Morgan fingerprint density at radius 2 is 1.17 bits per heavy atom. The molecule has 0 amide bonds. The summed E-state index contributed by atoms with van der Waals surface area (Å²) in [7, 11) is 0. The molecule has 2 nitrogen and oxygen atoms in total. The zero-order valence-corrected chi connectivity index (χ0v) is 13.2. The lowest BCUT2D eigenvalue weighted by molar-refractivity contribution is 0.285. The first-order valence-electron chi connectivity index (χ1n) is 7.75. The van der Waals surface area contributed by atoms with E-state index in [0.717, 1.165) is 22.6 Å². The molecular weight excluding hydrogens is 284 g/mol. The lowest BCUT2D eigenvalue weighted by atomic mass is 10.1. The highest BCUT2D eigenvalue weighted by atomic mass is 16.5. The summed E-state index contributed by atoms with van der Waals surface area (Å²) < 4.78 is 11.8. The van der Waals surface area contributed by atoms with Gasteiger partial charge in [0.25, 0.3) is 0 Å². The molecule has 0 saturated heterocycles. The zero-order chi connectivity index (χ0) is 15.9. The van der Waals surface area contributed by atoms with Gasteiger partial charge in [0, 0.05) is 0 Å². The van der Waals surface area contributed by atoms with Gasteiger partial charge in [-0.3, -0.25) is 0 Å². The summed E-state index contributed by atoms with van der Waals surface area (Å²) in [5.41, 5.74) is 3.48. The molecule has 0 bridgehead atoms. The van der Waals surface area contributed by atoms with Gasteiger partial charge in [0.1, 0.15) is 24.7 Å². The molecule has 0 aliphatic rings. The van der Waals surface area contributed by atoms with Crippen LogP contribution in [0.2, 0.25) is 0 Å². The Balaban J connectivity index is 1.65. The van der Waals surface area contributed by atoms with Crippen molar-refractivity contribution in [3.63, 3.8) is 0 Å². The van der Waals surface area contributed by atoms with Crippen LogP contribution in [0.5, 0.6) is 11.5 Å². The lowest BCUT2D eigenvalue weighted by Crippen LogP contribution is -2.03. The van der Waals surface area contributed by atoms with Gasteiger partial charge in [-0.25, -0.2) is 0 Å². The Hall–Kier alpha value is -2.74. The normalized spacial score (nSPS) is 10.3. The molecule has 116 valence electrons. The van der Waals surface area contributed by atoms with Crippen molar-refractivity contribution in [2.24, 2.45) is 0 Å². The largest absolute Gasteiger partial charge is 0.489 e. The Morgan fingerprint density at radius 3 is 1.83 bits per heavy atom. The number of aryl methyl sites for hydroxylation is 1. The number of rotatable bonds is 6. The van der Waals surface area contributed by atoms with Crippen molar-refractivity contribution in [1.82, 2.24) is 0 Å². The molecule has 0 aliphatic heterocycles. The maximum absolute atomic E-state index is 5.91. The molecule has 3 aromatic carbocycles. The van der Waals surface area contributed by atoms with Crippen molar-refractivity contribution in [2.45, 2.75) is 20.1 Å². The van der Waals surface area contributed by atoms with Crippen molar-refractivity contribution in [2.75, 3.05) is 0 Å². The predicted octanol–water partition coefficient (Wildman–Crippen LogP) is 5.15. The first-order valence-corrected chi connectivity index (χ1v) is 7.75. The Morgan fingerprint density at radius 1 is 0.609 bits per heavy atom. The van der Waals surface area contributed by atoms with E-state index in [1.807, 2.05) is 60.7 Å². The standard InChI is InChI=1S/C21H20O2/c1-17-8-7-13-21(14-17)23-16-19-10-6-5-9-18(19)15-22-20-11-3-2-4-12-20/h2-14H,15-16H2,1H3. The van der Waals surface area contributed by atoms with Crippen molar-refractivity contribution < 1.29 is 9.47 Å². The van der Waals surface area contributed by atoms with Crippen LogP contribution < -0.4 is 9.47 Å².